The number of carbonyl (C=O) groups is 1. The minimum Gasteiger partial charge on any atom is -0.394 e. The van der Waals surface area contributed by atoms with Crippen LogP contribution in [0.3, 0.4) is 0 Å². The zero-order valence-corrected chi connectivity index (χ0v) is 18.3. The third-order valence-electron chi connectivity index (χ3n) is 4.71. The van der Waals surface area contributed by atoms with Crippen LogP contribution in [-0.2, 0) is 11.2 Å². The molecule has 0 aliphatic carbocycles. The molecule has 1 aromatic rings. The second-order valence-electron chi connectivity index (χ2n) is 6.99. The van der Waals surface area contributed by atoms with Crippen molar-refractivity contribution in [3.8, 4) is 0 Å². The van der Waals surface area contributed by atoms with Gasteiger partial charge in [-0.15, -0.1) is 23.2 Å². The van der Waals surface area contributed by atoms with E-state index in [-0.39, 0.29) is 18.9 Å². The topological polar surface area (TPSA) is 133 Å². The molecule has 1 rings (SSSR count). The molecule has 6 N–H and O–H groups in total. The summed E-state index contributed by atoms with van der Waals surface area (Å²) in [5.41, 5.74) is 2.12. The molecule has 30 heavy (non-hydrogen) atoms. The predicted molar refractivity (Wildman–Crippen MR) is 117 cm³/mol. The second-order valence-corrected chi connectivity index (χ2v) is 7.74. The van der Waals surface area contributed by atoms with Gasteiger partial charge in [0.2, 0.25) is 5.91 Å². The maximum atomic E-state index is 11.9. The maximum Gasteiger partial charge on any atom is 0.220 e. The summed E-state index contributed by atoms with van der Waals surface area (Å²) in [7, 11) is 0. The first-order chi connectivity index (χ1) is 14.3. The highest BCUT2D eigenvalue weighted by Crippen LogP contribution is 2.17. The van der Waals surface area contributed by atoms with Crippen LogP contribution in [0.1, 0.15) is 18.4 Å². The van der Waals surface area contributed by atoms with E-state index in [0.717, 1.165) is 11.3 Å². The van der Waals surface area contributed by atoms with E-state index >= 15 is 0 Å². The van der Waals surface area contributed by atoms with E-state index in [1.807, 2.05) is 24.3 Å². The van der Waals surface area contributed by atoms with Gasteiger partial charge in [-0.3, -0.25) is 4.79 Å². The number of benzene rings is 1. The highest BCUT2D eigenvalue weighted by Gasteiger charge is 2.30. The summed E-state index contributed by atoms with van der Waals surface area (Å²) in [5, 5.41) is 49.6. The number of anilines is 1. The van der Waals surface area contributed by atoms with E-state index in [0.29, 0.717) is 37.7 Å². The minimum atomic E-state index is -1.71. The van der Waals surface area contributed by atoms with Crippen LogP contribution < -0.4 is 10.2 Å². The fourth-order valence-corrected chi connectivity index (χ4v) is 3.30. The number of hydrogen-bond donors (Lipinski definition) is 6. The Morgan fingerprint density at radius 1 is 0.967 bits per heavy atom. The number of aryl methyl sites for hydroxylation is 1. The van der Waals surface area contributed by atoms with E-state index in [4.69, 9.17) is 28.3 Å². The van der Waals surface area contributed by atoms with Crippen molar-refractivity contribution in [1.82, 2.24) is 5.32 Å². The SMILES string of the molecule is O=C(CCCc1ccc(N(CCCl)CCCl)cc1)NC[C@@H](O)[C@@H](O)[C@H](O)[C@H](O)CO. The number of aliphatic hydroxyl groups excluding tert-OH is 5. The van der Waals surface area contributed by atoms with Gasteiger partial charge in [0.15, 0.2) is 0 Å². The summed E-state index contributed by atoms with van der Waals surface area (Å²) in [6, 6.07) is 7.99. The van der Waals surface area contributed by atoms with E-state index in [2.05, 4.69) is 10.2 Å². The number of rotatable bonds is 15. The summed E-state index contributed by atoms with van der Waals surface area (Å²) in [5.74, 6) is 0.728. The first kappa shape index (κ1) is 26.9. The molecular formula is C20H32Cl2N2O6. The second kappa shape index (κ2) is 14.8. The summed E-state index contributed by atoms with van der Waals surface area (Å²) in [4.78, 5) is 14.0. The van der Waals surface area contributed by atoms with Crippen LogP contribution in [0.2, 0.25) is 0 Å². The molecule has 0 unspecified atom stereocenters. The molecule has 4 atom stereocenters. The van der Waals surface area contributed by atoms with Crippen molar-refractivity contribution in [2.45, 2.75) is 43.7 Å². The van der Waals surface area contributed by atoms with Crippen LogP contribution in [0.4, 0.5) is 5.69 Å². The zero-order valence-electron chi connectivity index (χ0n) is 16.8. The molecule has 172 valence electrons. The van der Waals surface area contributed by atoms with Gasteiger partial charge < -0.3 is 35.7 Å². The van der Waals surface area contributed by atoms with E-state index in [9.17, 15) is 25.2 Å². The molecule has 0 saturated carbocycles. The van der Waals surface area contributed by atoms with Crippen molar-refractivity contribution in [1.29, 1.82) is 0 Å². The molecule has 0 heterocycles. The quantitative estimate of drug-likeness (QED) is 0.198. The van der Waals surface area contributed by atoms with Crippen molar-refractivity contribution in [2.24, 2.45) is 0 Å². The van der Waals surface area contributed by atoms with Gasteiger partial charge in [0, 0.05) is 43.5 Å². The molecule has 0 aliphatic rings. The minimum absolute atomic E-state index is 0.233. The van der Waals surface area contributed by atoms with Crippen LogP contribution in [0.15, 0.2) is 24.3 Å². The number of carbonyl (C=O) groups excluding carboxylic acids is 1. The number of hydrogen-bond acceptors (Lipinski definition) is 7. The standard InChI is InChI=1S/C20H32Cl2N2O6/c21-8-10-24(11-9-22)15-6-4-14(5-7-15)2-1-3-18(28)23-12-16(26)19(29)20(30)17(27)13-25/h4-7,16-17,19-20,25-27,29-30H,1-3,8-13H2,(H,23,28)/t16-,17-,19-,20-/m1/s1. The van der Waals surface area contributed by atoms with Crippen molar-refractivity contribution >= 4 is 34.8 Å². The van der Waals surface area contributed by atoms with Crippen LogP contribution in [0.25, 0.3) is 0 Å². The fraction of sp³-hybridized carbons (Fsp3) is 0.650. The largest absolute Gasteiger partial charge is 0.394 e. The predicted octanol–water partition coefficient (Wildman–Crippen LogP) is -0.155. The Balaban J connectivity index is 2.37. The number of amides is 1. The maximum absolute atomic E-state index is 11.9. The van der Waals surface area contributed by atoms with E-state index in [1.54, 1.807) is 0 Å². The highest BCUT2D eigenvalue weighted by atomic mass is 35.5. The van der Waals surface area contributed by atoms with Gasteiger partial charge in [-0.2, -0.15) is 0 Å². The van der Waals surface area contributed by atoms with Gasteiger partial charge in [-0.05, 0) is 30.5 Å². The van der Waals surface area contributed by atoms with Crippen molar-refractivity contribution in [2.75, 3.05) is 42.9 Å². The first-order valence-corrected chi connectivity index (χ1v) is 11.0. The van der Waals surface area contributed by atoms with Crippen molar-refractivity contribution in [3.63, 3.8) is 0 Å². The van der Waals surface area contributed by atoms with E-state index < -0.39 is 31.0 Å². The zero-order chi connectivity index (χ0) is 22.5. The normalized spacial score (nSPS) is 15.3. The molecule has 8 nitrogen and oxygen atoms in total. The Morgan fingerprint density at radius 3 is 2.07 bits per heavy atom. The Morgan fingerprint density at radius 2 is 1.53 bits per heavy atom. The number of halogens is 2. The molecule has 0 aromatic heterocycles. The Labute approximate surface area is 187 Å². The van der Waals surface area contributed by atoms with Gasteiger partial charge >= 0.3 is 0 Å². The molecule has 0 bridgehead atoms. The Bertz CT molecular complexity index is 601. The monoisotopic (exact) mass is 466 g/mol. The van der Waals surface area contributed by atoms with Crippen LogP contribution in [0, 0.1) is 0 Å². The van der Waals surface area contributed by atoms with Crippen LogP contribution in [0.5, 0.6) is 0 Å². The Kier molecular flexibility index (Phi) is 13.3. The summed E-state index contributed by atoms with van der Waals surface area (Å²) in [6.07, 6.45) is -4.92. The Hall–Kier alpha value is -1.13. The number of alkyl halides is 2. The molecule has 0 radical (unpaired) electrons. The molecule has 1 aromatic carbocycles. The lowest BCUT2D eigenvalue weighted by molar-refractivity contribution is -0.126. The molecule has 0 saturated heterocycles. The molecule has 0 aliphatic heterocycles. The molecule has 0 fully saturated rings. The highest BCUT2D eigenvalue weighted by molar-refractivity contribution is 6.18. The lowest BCUT2D eigenvalue weighted by Gasteiger charge is -2.25. The van der Waals surface area contributed by atoms with Crippen LogP contribution >= 0.6 is 23.2 Å². The third-order valence-corrected chi connectivity index (χ3v) is 5.05. The van der Waals surface area contributed by atoms with Gasteiger partial charge in [-0.1, -0.05) is 12.1 Å². The summed E-state index contributed by atoms with van der Waals surface area (Å²) in [6.45, 7) is 0.394. The third kappa shape index (κ3) is 9.34. The van der Waals surface area contributed by atoms with Gasteiger partial charge in [0.25, 0.3) is 0 Å². The number of nitrogens with one attached hydrogen (secondary N) is 1. The molecular weight excluding hydrogens is 435 g/mol. The molecule has 0 spiro atoms. The first-order valence-electron chi connectivity index (χ1n) is 9.89. The molecule has 10 heteroatoms. The van der Waals surface area contributed by atoms with Gasteiger partial charge in [-0.25, -0.2) is 0 Å². The fourth-order valence-electron chi connectivity index (χ4n) is 2.89. The summed E-state index contributed by atoms with van der Waals surface area (Å²) < 4.78 is 0. The van der Waals surface area contributed by atoms with Crippen molar-refractivity contribution in [3.05, 3.63) is 29.8 Å². The van der Waals surface area contributed by atoms with Gasteiger partial charge in [0.1, 0.15) is 18.3 Å². The average molecular weight is 467 g/mol. The lowest BCUT2D eigenvalue weighted by Crippen LogP contribution is -2.49. The van der Waals surface area contributed by atoms with Crippen LogP contribution in [-0.4, -0.2) is 93.9 Å². The van der Waals surface area contributed by atoms with Crippen molar-refractivity contribution < 1.29 is 30.3 Å². The number of nitrogens with zero attached hydrogens (tertiary/aromatic N) is 1. The number of aliphatic hydroxyl groups is 5. The van der Waals surface area contributed by atoms with E-state index in [1.165, 1.54) is 0 Å². The lowest BCUT2D eigenvalue weighted by atomic mass is 10.0. The molecule has 1 amide bonds. The van der Waals surface area contributed by atoms with Gasteiger partial charge in [0.05, 0.1) is 12.7 Å². The summed E-state index contributed by atoms with van der Waals surface area (Å²) >= 11 is 11.6. The smallest absolute Gasteiger partial charge is 0.220 e. The average Bonchev–Trinajstić information content (AvgIpc) is 2.76.